The Morgan fingerprint density at radius 1 is 1.19 bits per heavy atom. The van der Waals surface area contributed by atoms with Crippen molar-refractivity contribution in [1.29, 1.82) is 0 Å². The lowest BCUT2D eigenvalue weighted by Gasteiger charge is -2.06. The number of hydrogen-bond donors (Lipinski definition) is 1. The molecule has 0 radical (unpaired) electrons. The number of anilines is 1. The maximum absolute atomic E-state index is 13.1. The number of aromatic nitrogens is 2. The number of amides is 1. The highest BCUT2D eigenvalue weighted by Crippen LogP contribution is 2.13. The minimum Gasteiger partial charge on any atom is -0.452 e. The Kier molecular flexibility index (Phi) is 5.07. The molecular weight excluding hydrogens is 348 g/mol. The Morgan fingerprint density at radius 3 is 2.77 bits per heavy atom. The van der Waals surface area contributed by atoms with Gasteiger partial charge in [0.15, 0.2) is 18.2 Å². The zero-order valence-corrected chi connectivity index (χ0v) is 13.3. The van der Waals surface area contributed by atoms with Gasteiger partial charge in [-0.1, -0.05) is 0 Å². The lowest BCUT2D eigenvalue weighted by molar-refractivity contribution is -0.119. The van der Waals surface area contributed by atoms with Gasteiger partial charge < -0.3 is 14.5 Å². The van der Waals surface area contributed by atoms with E-state index >= 15 is 0 Å². The lowest BCUT2D eigenvalue weighted by atomic mass is 10.3. The van der Waals surface area contributed by atoms with Crippen molar-refractivity contribution in [3.63, 3.8) is 0 Å². The van der Waals surface area contributed by atoms with Crippen LogP contribution in [0.5, 0.6) is 0 Å². The van der Waals surface area contributed by atoms with E-state index in [9.17, 15) is 18.4 Å². The van der Waals surface area contributed by atoms with E-state index in [2.05, 4.69) is 10.4 Å². The predicted octanol–water partition coefficient (Wildman–Crippen LogP) is 2.60. The van der Waals surface area contributed by atoms with E-state index in [-0.39, 0.29) is 11.4 Å². The summed E-state index contributed by atoms with van der Waals surface area (Å²) in [4.78, 5) is 23.6. The van der Waals surface area contributed by atoms with Gasteiger partial charge >= 0.3 is 5.97 Å². The molecule has 0 spiro atoms. The van der Waals surface area contributed by atoms with Crippen molar-refractivity contribution in [2.45, 2.75) is 6.54 Å². The van der Waals surface area contributed by atoms with Crippen molar-refractivity contribution in [3.8, 4) is 0 Å². The maximum atomic E-state index is 13.1. The number of rotatable bonds is 6. The van der Waals surface area contributed by atoms with Gasteiger partial charge in [0.25, 0.3) is 5.91 Å². The summed E-state index contributed by atoms with van der Waals surface area (Å²) in [5, 5.41) is 6.30. The number of ether oxygens (including phenoxy) is 1. The van der Waals surface area contributed by atoms with Crippen molar-refractivity contribution in [2.75, 3.05) is 11.9 Å². The number of carbonyl (C=O) groups is 2. The molecule has 1 aromatic carbocycles. The highest BCUT2D eigenvalue weighted by atomic mass is 19.2. The number of hydrogen-bond acceptors (Lipinski definition) is 5. The Morgan fingerprint density at radius 2 is 2.04 bits per heavy atom. The van der Waals surface area contributed by atoms with Gasteiger partial charge in [0.1, 0.15) is 5.76 Å². The molecule has 2 aromatic heterocycles. The van der Waals surface area contributed by atoms with Crippen molar-refractivity contribution < 1.29 is 27.5 Å². The fourth-order valence-corrected chi connectivity index (χ4v) is 2.10. The fraction of sp³-hybridized carbons (Fsp3) is 0.118. The van der Waals surface area contributed by atoms with Crippen LogP contribution in [0.2, 0.25) is 0 Å². The fourth-order valence-electron chi connectivity index (χ4n) is 2.10. The van der Waals surface area contributed by atoms with Crippen molar-refractivity contribution in [2.24, 2.45) is 0 Å². The minimum atomic E-state index is -1.10. The van der Waals surface area contributed by atoms with Gasteiger partial charge in [0.2, 0.25) is 5.76 Å². The molecule has 9 heteroatoms. The summed E-state index contributed by atoms with van der Waals surface area (Å²) in [5.41, 5.74) is 0.0458. The molecular formula is C17H13F2N3O4. The number of nitrogens with zero attached hydrogens (tertiary/aromatic N) is 2. The van der Waals surface area contributed by atoms with Gasteiger partial charge in [0, 0.05) is 24.1 Å². The number of furan rings is 1. The largest absolute Gasteiger partial charge is 0.452 e. The second kappa shape index (κ2) is 7.60. The Hall–Kier alpha value is -3.49. The molecule has 0 aliphatic heterocycles. The summed E-state index contributed by atoms with van der Waals surface area (Å²) in [5.74, 6) is -3.22. The van der Waals surface area contributed by atoms with Crippen LogP contribution in [-0.2, 0) is 16.1 Å². The summed E-state index contributed by atoms with van der Waals surface area (Å²) in [7, 11) is 0. The first-order valence-corrected chi connectivity index (χ1v) is 7.49. The van der Waals surface area contributed by atoms with Crippen LogP contribution in [0.3, 0.4) is 0 Å². The molecule has 0 unspecified atom stereocenters. The Balaban J connectivity index is 1.51. The van der Waals surface area contributed by atoms with E-state index in [1.54, 1.807) is 29.2 Å². The van der Waals surface area contributed by atoms with Crippen molar-refractivity contribution in [3.05, 3.63) is 71.9 Å². The molecule has 0 aliphatic rings. The first kappa shape index (κ1) is 17.3. The molecule has 1 amide bonds. The Labute approximate surface area is 146 Å². The van der Waals surface area contributed by atoms with Crippen LogP contribution >= 0.6 is 0 Å². The number of halogens is 2. The molecule has 0 saturated heterocycles. The maximum Gasteiger partial charge on any atom is 0.374 e. The first-order chi connectivity index (χ1) is 12.5. The quantitative estimate of drug-likeness (QED) is 0.682. The van der Waals surface area contributed by atoms with Crippen molar-refractivity contribution >= 4 is 17.6 Å². The first-order valence-electron chi connectivity index (χ1n) is 7.49. The van der Waals surface area contributed by atoms with E-state index in [1.165, 1.54) is 12.1 Å². The second-order valence-corrected chi connectivity index (χ2v) is 5.22. The predicted molar refractivity (Wildman–Crippen MR) is 85.3 cm³/mol. The average molecular weight is 361 g/mol. The van der Waals surface area contributed by atoms with E-state index in [0.717, 1.165) is 12.1 Å². The van der Waals surface area contributed by atoms with Gasteiger partial charge in [-0.2, -0.15) is 5.10 Å². The SMILES string of the molecule is O=C(COC(=O)c1ccc(Cn2cccn2)o1)Nc1ccc(F)c(F)c1. The molecule has 0 atom stereocenters. The zero-order chi connectivity index (χ0) is 18.5. The summed E-state index contributed by atoms with van der Waals surface area (Å²) in [6.07, 6.45) is 3.35. The van der Waals surface area contributed by atoms with E-state index < -0.39 is 30.1 Å². The van der Waals surface area contributed by atoms with Crippen LogP contribution in [0.1, 0.15) is 16.3 Å². The second-order valence-electron chi connectivity index (χ2n) is 5.22. The van der Waals surface area contributed by atoms with Crippen LogP contribution in [-0.4, -0.2) is 28.3 Å². The monoisotopic (exact) mass is 361 g/mol. The third kappa shape index (κ3) is 4.32. The van der Waals surface area contributed by atoms with Gasteiger partial charge in [-0.05, 0) is 30.3 Å². The van der Waals surface area contributed by atoms with Crippen LogP contribution in [0.4, 0.5) is 14.5 Å². The standard InChI is InChI=1S/C17H13F2N3O4/c18-13-4-2-11(8-14(13)19)21-16(23)10-25-17(24)15-5-3-12(26-15)9-22-7-1-6-20-22/h1-8H,9-10H2,(H,21,23). The number of esters is 1. The molecule has 7 nitrogen and oxygen atoms in total. The molecule has 0 bridgehead atoms. The van der Waals surface area contributed by atoms with Gasteiger partial charge in [-0.25, -0.2) is 13.6 Å². The summed E-state index contributed by atoms with van der Waals surface area (Å²) in [6, 6.07) is 7.66. The summed E-state index contributed by atoms with van der Waals surface area (Å²) in [6.45, 7) is -0.260. The molecule has 3 aromatic rings. The highest BCUT2D eigenvalue weighted by molar-refractivity contribution is 5.94. The van der Waals surface area contributed by atoms with E-state index in [4.69, 9.17) is 9.15 Å². The topological polar surface area (TPSA) is 86.4 Å². The van der Waals surface area contributed by atoms with Gasteiger partial charge in [-0.3, -0.25) is 9.48 Å². The average Bonchev–Trinajstić information content (AvgIpc) is 3.28. The number of benzene rings is 1. The molecule has 26 heavy (non-hydrogen) atoms. The Bertz CT molecular complexity index is 922. The molecule has 134 valence electrons. The molecule has 3 rings (SSSR count). The third-order valence-corrected chi connectivity index (χ3v) is 3.28. The molecule has 1 N–H and O–H groups in total. The number of carbonyl (C=O) groups excluding carboxylic acids is 2. The third-order valence-electron chi connectivity index (χ3n) is 3.28. The van der Waals surface area contributed by atoms with Crippen LogP contribution < -0.4 is 5.32 Å². The molecule has 2 heterocycles. The van der Waals surface area contributed by atoms with E-state index in [0.29, 0.717) is 12.3 Å². The summed E-state index contributed by atoms with van der Waals surface area (Å²) >= 11 is 0. The minimum absolute atomic E-state index is 0.0458. The zero-order valence-electron chi connectivity index (χ0n) is 13.3. The summed E-state index contributed by atoms with van der Waals surface area (Å²) < 4.78 is 37.7. The smallest absolute Gasteiger partial charge is 0.374 e. The molecule has 0 aliphatic carbocycles. The van der Waals surface area contributed by atoms with E-state index in [1.807, 2.05) is 0 Å². The lowest BCUT2D eigenvalue weighted by Crippen LogP contribution is -2.20. The molecule has 0 fully saturated rings. The number of nitrogens with one attached hydrogen (secondary N) is 1. The van der Waals surface area contributed by atoms with Crippen LogP contribution in [0, 0.1) is 11.6 Å². The van der Waals surface area contributed by atoms with Gasteiger partial charge in [0.05, 0.1) is 6.54 Å². The molecule has 0 saturated carbocycles. The van der Waals surface area contributed by atoms with Crippen LogP contribution in [0.15, 0.2) is 53.2 Å². The van der Waals surface area contributed by atoms with Gasteiger partial charge in [-0.15, -0.1) is 0 Å². The normalized spacial score (nSPS) is 10.5. The van der Waals surface area contributed by atoms with Crippen molar-refractivity contribution in [1.82, 2.24) is 9.78 Å². The van der Waals surface area contributed by atoms with Crippen LogP contribution in [0.25, 0.3) is 0 Å². The highest BCUT2D eigenvalue weighted by Gasteiger charge is 2.15.